The molecule has 0 amide bonds. The van der Waals surface area contributed by atoms with Crippen LogP contribution in [0.1, 0.15) is 32.4 Å². The molecule has 0 saturated heterocycles. The first kappa shape index (κ1) is 11.9. The highest BCUT2D eigenvalue weighted by molar-refractivity contribution is 4.99. The molecule has 0 aliphatic rings. The lowest BCUT2D eigenvalue weighted by molar-refractivity contribution is 0.543. The standard InChI is InChI=1S/C11H19N3O/c1-3-7-12-9-10-5-6-11(15)14(13-10)8-4-2/h5-6,12H,3-4,7-9H2,1-2H3. The fourth-order valence-electron chi connectivity index (χ4n) is 1.35. The Bertz CT molecular complexity index is 346. The molecular formula is C11H19N3O. The quantitative estimate of drug-likeness (QED) is 0.715. The Morgan fingerprint density at radius 3 is 2.80 bits per heavy atom. The van der Waals surface area contributed by atoms with Crippen LogP contribution in [0.5, 0.6) is 0 Å². The fourth-order valence-corrected chi connectivity index (χ4v) is 1.35. The van der Waals surface area contributed by atoms with E-state index in [2.05, 4.69) is 17.3 Å². The Kier molecular flexibility index (Phi) is 5.04. The van der Waals surface area contributed by atoms with E-state index in [1.54, 1.807) is 12.1 Å². The van der Waals surface area contributed by atoms with Crippen LogP contribution in [0.4, 0.5) is 0 Å². The Labute approximate surface area is 90.3 Å². The number of aromatic nitrogens is 2. The van der Waals surface area contributed by atoms with Crippen molar-refractivity contribution in [1.82, 2.24) is 15.1 Å². The van der Waals surface area contributed by atoms with E-state index >= 15 is 0 Å². The maximum absolute atomic E-state index is 11.4. The van der Waals surface area contributed by atoms with Crippen LogP contribution >= 0.6 is 0 Å². The molecule has 0 saturated carbocycles. The summed E-state index contributed by atoms with van der Waals surface area (Å²) >= 11 is 0. The van der Waals surface area contributed by atoms with Crippen molar-refractivity contribution in [3.63, 3.8) is 0 Å². The van der Waals surface area contributed by atoms with Crippen molar-refractivity contribution in [3.05, 3.63) is 28.2 Å². The molecule has 1 N–H and O–H groups in total. The smallest absolute Gasteiger partial charge is 0.266 e. The molecule has 0 aromatic carbocycles. The second-order valence-electron chi connectivity index (χ2n) is 3.56. The van der Waals surface area contributed by atoms with Crippen LogP contribution in [0.25, 0.3) is 0 Å². The van der Waals surface area contributed by atoms with Gasteiger partial charge in [-0.2, -0.15) is 5.10 Å². The lowest BCUT2D eigenvalue weighted by Gasteiger charge is -2.06. The van der Waals surface area contributed by atoms with Gasteiger partial charge < -0.3 is 5.32 Å². The van der Waals surface area contributed by atoms with Crippen molar-refractivity contribution >= 4 is 0 Å². The Hall–Kier alpha value is -1.16. The summed E-state index contributed by atoms with van der Waals surface area (Å²) in [6.07, 6.45) is 2.04. The summed E-state index contributed by atoms with van der Waals surface area (Å²) in [6, 6.07) is 3.38. The molecule has 1 heterocycles. The predicted octanol–water partition coefficient (Wildman–Crippen LogP) is 1.15. The number of rotatable bonds is 6. The van der Waals surface area contributed by atoms with Gasteiger partial charge in [0.15, 0.2) is 0 Å². The van der Waals surface area contributed by atoms with Gasteiger partial charge in [0.25, 0.3) is 5.56 Å². The number of nitrogens with one attached hydrogen (secondary N) is 1. The lowest BCUT2D eigenvalue weighted by atomic mass is 10.3. The minimum absolute atomic E-state index is 0.0175. The lowest BCUT2D eigenvalue weighted by Crippen LogP contribution is -2.25. The van der Waals surface area contributed by atoms with E-state index in [1.807, 2.05) is 6.92 Å². The summed E-state index contributed by atoms with van der Waals surface area (Å²) in [7, 11) is 0. The van der Waals surface area contributed by atoms with E-state index in [1.165, 1.54) is 4.68 Å². The summed E-state index contributed by atoms with van der Waals surface area (Å²) in [5, 5.41) is 7.54. The van der Waals surface area contributed by atoms with Gasteiger partial charge in [0.2, 0.25) is 0 Å². The minimum atomic E-state index is -0.0175. The SMILES string of the molecule is CCCNCc1ccc(=O)n(CCC)n1. The number of nitrogens with zero attached hydrogens (tertiary/aromatic N) is 2. The monoisotopic (exact) mass is 209 g/mol. The fraction of sp³-hybridized carbons (Fsp3) is 0.636. The van der Waals surface area contributed by atoms with Crippen molar-refractivity contribution in [2.75, 3.05) is 6.54 Å². The minimum Gasteiger partial charge on any atom is -0.311 e. The molecule has 0 aliphatic heterocycles. The number of aryl methyl sites for hydroxylation is 1. The van der Waals surface area contributed by atoms with Crippen molar-refractivity contribution in [3.8, 4) is 0 Å². The molecule has 1 rings (SSSR count). The first-order valence-electron chi connectivity index (χ1n) is 5.55. The Balaban J connectivity index is 2.65. The molecule has 0 bridgehead atoms. The molecule has 4 heteroatoms. The van der Waals surface area contributed by atoms with Crippen LogP contribution in [0.2, 0.25) is 0 Å². The van der Waals surface area contributed by atoms with Gasteiger partial charge in [0.1, 0.15) is 0 Å². The molecule has 0 atom stereocenters. The van der Waals surface area contributed by atoms with Gasteiger partial charge in [-0.3, -0.25) is 4.79 Å². The zero-order valence-electron chi connectivity index (χ0n) is 9.49. The molecule has 0 radical (unpaired) electrons. The van der Waals surface area contributed by atoms with Gasteiger partial charge in [-0.05, 0) is 25.5 Å². The van der Waals surface area contributed by atoms with E-state index in [0.717, 1.165) is 31.6 Å². The third kappa shape index (κ3) is 3.83. The van der Waals surface area contributed by atoms with Crippen molar-refractivity contribution in [2.45, 2.75) is 39.8 Å². The molecule has 0 fully saturated rings. The molecule has 4 nitrogen and oxygen atoms in total. The average Bonchev–Trinajstić information content (AvgIpc) is 2.23. The van der Waals surface area contributed by atoms with Gasteiger partial charge in [-0.1, -0.05) is 13.8 Å². The van der Waals surface area contributed by atoms with Crippen LogP contribution in [0, 0.1) is 0 Å². The van der Waals surface area contributed by atoms with Crippen molar-refractivity contribution in [1.29, 1.82) is 0 Å². The van der Waals surface area contributed by atoms with E-state index in [9.17, 15) is 4.79 Å². The molecular weight excluding hydrogens is 190 g/mol. The van der Waals surface area contributed by atoms with Crippen LogP contribution in [0.15, 0.2) is 16.9 Å². The summed E-state index contributed by atoms with van der Waals surface area (Å²) < 4.78 is 1.53. The molecule has 0 aliphatic carbocycles. The van der Waals surface area contributed by atoms with E-state index in [4.69, 9.17) is 0 Å². The van der Waals surface area contributed by atoms with Crippen LogP contribution in [0.3, 0.4) is 0 Å². The first-order chi connectivity index (χ1) is 7.27. The second kappa shape index (κ2) is 6.35. The van der Waals surface area contributed by atoms with Gasteiger partial charge in [-0.25, -0.2) is 4.68 Å². The highest BCUT2D eigenvalue weighted by Gasteiger charge is 1.98. The molecule has 84 valence electrons. The highest BCUT2D eigenvalue weighted by Crippen LogP contribution is 1.91. The first-order valence-corrected chi connectivity index (χ1v) is 5.55. The molecule has 15 heavy (non-hydrogen) atoms. The molecule has 0 spiro atoms. The van der Waals surface area contributed by atoms with E-state index < -0.39 is 0 Å². The molecule has 0 unspecified atom stereocenters. The van der Waals surface area contributed by atoms with Gasteiger partial charge >= 0.3 is 0 Å². The molecule has 1 aromatic rings. The van der Waals surface area contributed by atoms with Gasteiger partial charge in [0, 0.05) is 19.2 Å². The average molecular weight is 209 g/mol. The van der Waals surface area contributed by atoms with Crippen LogP contribution in [-0.2, 0) is 13.1 Å². The maximum Gasteiger partial charge on any atom is 0.266 e. The van der Waals surface area contributed by atoms with Gasteiger partial charge in [-0.15, -0.1) is 0 Å². The Morgan fingerprint density at radius 2 is 2.13 bits per heavy atom. The largest absolute Gasteiger partial charge is 0.311 e. The topological polar surface area (TPSA) is 46.9 Å². The predicted molar refractivity (Wildman–Crippen MR) is 60.8 cm³/mol. The third-order valence-corrected chi connectivity index (χ3v) is 2.09. The zero-order chi connectivity index (χ0) is 11.1. The number of hydrogen-bond donors (Lipinski definition) is 1. The summed E-state index contributed by atoms with van der Waals surface area (Å²) in [5.41, 5.74) is 0.910. The third-order valence-electron chi connectivity index (χ3n) is 2.09. The van der Waals surface area contributed by atoms with E-state index in [-0.39, 0.29) is 5.56 Å². The number of hydrogen-bond acceptors (Lipinski definition) is 3. The van der Waals surface area contributed by atoms with Crippen LogP contribution in [-0.4, -0.2) is 16.3 Å². The van der Waals surface area contributed by atoms with Crippen molar-refractivity contribution < 1.29 is 0 Å². The van der Waals surface area contributed by atoms with Crippen molar-refractivity contribution in [2.24, 2.45) is 0 Å². The summed E-state index contributed by atoms with van der Waals surface area (Å²) in [5.74, 6) is 0. The van der Waals surface area contributed by atoms with Gasteiger partial charge in [0.05, 0.1) is 5.69 Å². The van der Waals surface area contributed by atoms with Crippen LogP contribution < -0.4 is 10.9 Å². The normalized spacial score (nSPS) is 10.5. The summed E-state index contributed by atoms with van der Waals surface area (Å²) in [6.45, 7) is 6.57. The maximum atomic E-state index is 11.4. The molecule has 1 aromatic heterocycles. The highest BCUT2D eigenvalue weighted by atomic mass is 16.1. The second-order valence-corrected chi connectivity index (χ2v) is 3.56. The van der Waals surface area contributed by atoms with E-state index in [0.29, 0.717) is 6.54 Å². The zero-order valence-corrected chi connectivity index (χ0v) is 9.49. The Morgan fingerprint density at radius 1 is 1.33 bits per heavy atom. The summed E-state index contributed by atoms with van der Waals surface area (Å²) in [4.78, 5) is 11.4.